The molecule has 1 rings (SSSR count). The van der Waals surface area contributed by atoms with Gasteiger partial charge in [-0.15, -0.1) is 0 Å². The molecule has 0 spiro atoms. The van der Waals surface area contributed by atoms with Gasteiger partial charge in [-0.1, -0.05) is 26.2 Å². The van der Waals surface area contributed by atoms with Crippen molar-refractivity contribution in [2.75, 3.05) is 0 Å². The summed E-state index contributed by atoms with van der Waals surface area (Å²) in [4.78, 5) is 21.4. The summed E-state index contributed by atoms with van der Waals surface area (Å²) < 4.78 is 0. The normalized spacial score (nSPS) is 10.7. The maximum Gasteiger partial charge on any atom is 0.269 e. The van der Waals surface area contributed by atoms with Gasteiger partial charge in [0, 0.05) is 18.6 Å². The lowest BCUT2D eigenvalue weighted by Gasteiger charge is -1.99. The molecule has 0 bridgehead atoms. The first-order valence-electron chi connectivity index (χ1n) is 6.70. The standard InChI is InChI=1S/C14H19N3O3/c1-2-3-4-5-6-14(18)16-15-11-12-7-9-13(10-8-12)17(19)20/h7-11H,2-6H2,1H3,(H,16,18). The third kappa shape index (κ3) is 6.08. The van der Waals surface area contributed by atoms with E-state index in [4.69, 9.17) is 0 Å². The van der Waals surface area contributed by atoms with E-state index in [0.717, 1.165) is 25.7 Å². The predicted molar refractivity (Wildman–Crippen MR) is 77.6 cm³/mol. The van der Waals surface area contributed by atoms with Crippen molar-refractivity contribution in [2.24, 2.45) is 5.10 Å². The number of hydrogen-bond acceptors (Lipinski definition) is 4. The van der Waals surface area contributed by atoms with Gasteiger partial charge in [-0.3, -0.25) is 14.9 Å². The second-order valence-corrected chi connectivity index (χ2v) is 4.45. The first kappa shape index (κ1) is 15.8. The number of unbranched alkanes of at least 4 members (excludes halogenated alkanes) is 3. The van der Waals surface area contributed by atoms with Gasteiger partial charge in [-0.2, -0.15) is 5.10 Å². The summed E-state index contributed by atoms with van der Waals surface area (Å²) in [5.74, 6) is -0.112. The molecule has 0 aliphatic rings. The lowest BCUT2D eigenvalue weighted by Crippen LogP contribution is -2.16. The number of hydrogen-bond donors (Lipinski definition) is 1. The number of nitrogens with zero attached hydrogens (tertiary/aromatic N) is 2. The SMILES string of the molecule is CCCCCCC(=O)NN=Cc1ccc([N+](=O)[O-])cc1. The van der Waals surface area contributed by atoms with Gasteiger partial charge in [-0.25, -0.2) is 5.43 Å². The molecule has 108 valence electrons. The topological polar surface area (TPSA) is 84.6 Å². The third-order valence-electron chi connectivity index (χ3n) is 2.76. The first-order chi connectivity index (χ1) is 9.63. The van der Waals surface area contributed by atoms with Crippen LogP contribution in [0.2, 0.25) is 0 Å². The van der Waals surface area contributed by atoms with Gasteiger partial charge >= 0.3 is 0 Å². The van der Waals surface area contributed by atoms with Crippen molar-refractivity contribution in [1.82, 2.24) is 5.43 Å². The average Bonchev–Trinajstić information content (AvgIpc) is 2.44. The van der Waals surface area contributed by atoms with E-state index < -0.39 is 4.92 Å². The summed E-state index contributed by atoms with van der Waals surface area (Å²) in [6, 6.07) is 5.95. The maximum atomic E-state index is 11.4. The number of rotatable bonds is 8. The van der Waals surface area contributed by atoms with Crippen molar-refractivity contribution in [1.29, 1.82) is 0 Å². The number of amides is 1. The molecule has 20 heavy (non-hydrogen) atoms. The highest BCUT2D eigenvalue weighted by Crippen LogP contribution is 2.10. The Labute approximate surface area is 118 Å². The fourth-order valence-corrected chi connectivity index (χ4v) is 1.63. The van der Waals surface area contributed by atoms with E-state index in [0.29, 0.717) is 12.0 Å². The van der Waals surface area contributed by atoms with Crippen LogP contribution in [0.1, 0.15) is 44.6 Å². The van der Waals surface area contributed by atoms with Crippen LogP contribution in [-0.2, 0) is 4.79 Å². The minimum atomic E-state index is -0.459. The van der Waals surface area contributed by atoms with Crippen LogP contribution >= 0.6 is 0 Å². The van der Waals surface area contributed by atoms with Gasteiger partial charge in [0.2, 0.25) is 5.91 Å². The van der Waals surface area contributed by atoms with Crippen LogP contribution in [0.4, 0.5) is 5.69 Å². The van der Waals surface area contributed by atoms with Crippen molar-refractivity contribution < 1.29 is 9.72 Å². The van der Waals surface area contributed by atoms with Gasteiger partial charge in [0.15, 0.2) is 0 Å². The van der Waals surface area contributed by atoms with Crippen molar-refractivity contribution >= 4 is 17.8 Å². The fraction of sp³-hybridized carbons (Fsp3) is 0.429. The summed E-state index contributed by atoms with van der Waals surface area (Å²) in [7, 11) is 0. The molecule has 0 unspecified atom stereocenters. The zero-order chi connectivity index (χ0) is 14.8. The molecule has 0 heterocycles. The molecule has 0 aromatic heterocycles. The molecule has 0 fully saturated rings. The van der Waals surface area contributed by atoms with E-state index in [9.17, 15) is 14.9 Å². The monoisotopic (exact) mass is 277 g/mol. The number of carbonyl (C=O) groups excluding carboxylic acids is 1. The molecule has 0 aliphatic heterocycles. The molecule has 6 heteroatoms. The number of nitro groups is 1. The minimum absolute atomic E-state index is 0.0297. The van der Waals surface area contributed by atoms with Gasteiger partial charge in [0.25, 0.3) is 5.69 Å². The number of hydrazone groups is 1. The Bertz CT molecular complexity index is 469. The van der Waals surface area contributed by atoms with E-state index in [2.05, 4.69) is 17.5 Å². The number of benzene rings is 1. The zero-order valence-electron chi connectivity index (χ0n) is 11.5. The molecule has 0 saturated heterocycles. The molecule has 0 atom stereocenters. The molecular formula is C14H19N3O3. The van der Waals surface area contributed by atoms with Crippen LogP contribution in [0.3, 0.4) is 0 Å². The van der Waals surface area contributed by atoms with Crippen LogP contribution in [0.15, 0.2) is 29.4 Å². The quantitative estimate of drug-likeness (QED) is 0.343. The Balaban J connectivity index is 2.33. The van der Waals surface area contributed by atoms with E-state index in [1.165, 1.54) is 18.3 Å². The van der Waals surface area contributed by atoms with E-state index in [-0.39, 0.29) is 11.6 Å². The summed E-state index contributed by atoms with van der Waals surface area (Å²) in [6.07, 6.45) is 6.13. The van der Waals surface area contributed by atoms with Crippen LogP contribution in [0.5, 0.6) is 0 Å². The highest BCUT2D eigenvalue weighted by Gasteiger charge is 2.02. The first-order valence-corrected chi connectivity index (χ1v) is 6.70. The highest BCUT2D eigenvalue weighted by atomic mass is 16.6. The smallest absolute Gasteiger partial charge is 0.269 e. The van der Waals surface area contributed by atoms with Crippen LogP contribution < -0.4 is 5.43 Å². The van der Waals surface area contributed by atoms with Crippen LogP contribution in [0, 0.1) is 10.1 Å². The Morgan fingerprint density at radius 3 is 2.60 bits per heavy atom. The van der Waals surface area contributed by atoms with E-state index in [1.54, 1.807) is 12.1 Å². The number of non-ortho nitro benzene ring substituents is 1. The zero-order valence-corrected chi connectivity index (χ0v) is 11.5. The Morgan fingerprint density at radius 2 is 2.00 bits per heavy atom. The number of nitrogens with one attached hydrogen (secondary N) is 1. The molecule has 0 aliphatic carbocycles. The summed E-state index contributed by atoms with van der Waals surface area (Å²) in [5, 5.41) is 14.3. The molecule has 6 nitrogen and oxygen atoms in total. The number of nitro benzene ring substituents is 1. The largest absolute Gasteiger partial charge is 0.273 e. The summed E-state index contributed by atoms with van der Waals surface area (Å²) in [6.45, 7) is 2.12. The van der Waals surface area contributed by atoms with Crippen molar-refractivity contribution in [3.05, 3.63) is 39.9 Å². The Morgan fingerprint density at radius 1 is 1.30 bits per heavy atom. The molecule has 1 N–H and O–H groups in total. The second-order valence-electron chi connectivity index (χ2n) is 4.45. The highest BCUT2D eigenvalue weighted by molar-refractivity contribution is 5.82. The van der Waals surface area contributed by atoms with E-state index in [1.807, 2.05) is 0 Å². The summed E-state index contributed by atoms with van der Waals surface area (Å²) in [5.41, 5.74) is 3.17. The van der Waals surface area contributed by atoms with Crippen molar-refractivity contribution in [3.63, 3.8) is 0 Å². The van der Waals surface area contributed by atoms with Crippen LogP contribution in [-0.4, -0.2) is 17.0 Å². The Hall–Kier alpha value is -2.24. The third-order valence-corrected chi connectivity index (χ3v) is 2.76. The Kier molecular flexibility index (Phi) is 6.95. The molecule has 1 aromatic carbocycles. The number of carbonyl (C=O) groups is 1. The van der Waals surface area contributed by atoms with Gasteiger partial charge < -0.3 is 0 Å². The molecule has 0 radical (unpaired) electrons. The minimum Gasteiger partial charge on any atom is -0.273 e. The van der Waals surface area contributed by atoms with Crippen molar-refractivity contribution in [3.8, 4) is 0 Å². The maximum absolute atomic E-state index is 11.4. The average molecular weight is 277 g/mol. The lowest BCUT2D eigenvalue weighted by molar-refractivity contribution is -0.384. The second kappa shape index (κ2) is 8.79. The molecule has 1 amide bonds. The van der Waals surface area contributed by atoms with Gasteiger partial charge in [-0.05, 0) is 24.1 Å². The molecular weight excluding hydrogens is 258 g/mol. The van der Waals surface area contributed by atoms with Gasteiger partial charge in [0.05, 0.1) is 11.1 Å². The van der Waals surface area contributed by atoms with Crippen LogP contribution in [0.25, 0.3) is 0 Å². The lowest BCUT2D eigenvalue weighted by atomic mass is 10.1. The van der Waals surface area contributed by atoms with Crippen molar-refractivity contribution in [2.45, 2.75) is 39.0 Å². The molecule has 1 aromatic rings. The van der Waals surface area contributed by atoms with E-state index >= 15 is 0 Å². The summed E-state index contributed by atoms with van der Waals surface area (Å²) >= 11 is 0. The van der Waals surface area contributed by atoms with Gasteiger partial charge in [0.1, 0.15) is 0 Å². The fourth-order valence-electron chi connectivity index (χ4n) is 1.63. The predicted octanol–water partition coefficient (Wildman–Crippen LogP) is 3.02. The molecule has 0 saturated carbocycles.